The van der Waals surface area contributed by atoms with Gasteiger partial charge < -0.3 is 9.80 Å². The molecule has 25 heavy (non-hydrogen) atoms. The summed E-state index contributed by atoms with van der Waals surface area (Å²) in [5, 5.41) is 0. The maximum Gasteiger partial charge on any atom is 0.236 e. The summed E-state index contributed by atoms with van der Waals surface area (Å²) in [6.07, 6.45) is 1.61. The monoisotopic (exact) mass is 365 g/mol. The molecule has 2 aliphatic heterocycles. The molecule has 0 saturated carbocycles. The molecule has 138 valence electrons. The standard InChI is InChI=1S/C18H27N3O3S/c1-4-25(23,24)21-14-18(15-7-5-6-8-16(15)21)9-11-20(12-10-18)17(22)13-19(2)3/h5-8H,4,9-14H2,1-3H3. The summed E-state index contributed by atoms with van der Waals surface area (Å²) in [4.78, 5) is 16.1. The van der Waals surface area contributed by atoms with Crippen molar-refractivity contribution < 1.29 is 13.2 Å². The molecule has 0 atom stereocenters. The van der Waals surface area contributed by atoms with Crippen molar-refractivity contribution in [2.75, 3.05) is 50.3 Å². The number of sulfonamides is 1. The predicted octanol–water partition coefficient (Wildman–Crippen LogP) is 1.28. The molecule has 0 bridgehead atoms. The van der Waals surface area contributed by atoms with Crippen LogP contribution in [0.25, 0.3) is 0 Å². The smallest absolute Gasteiger partial charge is 0.236 e. The molecule has 1 saturated heterocycles. The summed E-state index contributed by atoms with van der Waals surface area (Å²) in [6, 6.07) is 7.83. The molecule has 1 aromatic carbocycles. The summed E-state index contributed by atoms with van der Waals surface area (Å²) in [5.74, 6) is 0.245. The molecule has 0 radical (unpaired) electrons. The Labute approximate surface area is 150 Å². The van der Waals surface area contributed by atoms with Gasteiger partial charge in [0.1, 0.15) is 0 Å². The van der Waals surface area contributed by atoms with Crippen molar-refractivity contribution in [3.63, 3.8) is 0 Å². The zero-order chi connectivity index (χ0) is 18.2. The third-order valence-electron chi connectivity index (χ3n) is 5.42. The van der Waals surface area contributed by atoms with Gasteiger partial charge in [-0.05, 0) is 45.5 Å². The van der Waals surface area contributed by atoms with Crippen molar-refractivity contribution in [2.24, 2.45) is 0 Å². The molecule has 7 heteroatoms. The average Bonchev–Trinajstić information content (AvgIpc) is 2.90. The topological polar surface area (TPSA) is 60.9 Å². The Morgan fingerprint density at radius 2 is 1.84 bits per heavy atom. The van der Waals surface area contributed by atoms with Gasteiger partial charge in [0.25, 0.3) is 0 Å². The lowest BCUT2D eigenvalue weighted by molar-refractivity contribution is -0.133. The highest BCUT2D eigenvalue weighted by Gasteiger charge is 2.47. The van der Waals surface area contributed by atoms with E-state index in [1.165, 1.54) is 0 Å². The van der Waals surface area contributed by atoms with Crippen LogP contribution >= 0.6 is 0 Å². The highest BCUT2D eigenvalue weighted by Crippen LogP contribution is 2.47. The number of fused-ring (bicyclic) bond motifs is 2. The Kier molecular flexibility index (Phi) is 4.81. The van der Waals surface area contributed by atoms with E-state index >= 15 is 0 Å². The lowest BCUT2D eigenvalue weighted by Gasteiger charge is -2.40. The van der Waals surface area contributed by atoms with E-state index in [2.05, 4.69) is 6.07 Å². The van der Waals surface area contributed by atoms with Crippen LogP contribution in [-0.2, 0) is 20.2 Å². The van der Waals surface area contributed by atoms with Crippen LogP contribution in [0.15, 0.2) is 24.3 Å². The van der Waals surface area contributed by atoms with Gasteiger partial charge in [-0.25, -0.2) is 8.42 Å². The van der Waals surface area contributed by atoms with Gasteiger partial charge in [-0.1, -0.05) is 18.2 Å². The number of likely N-dealkylation sites (N-methyl/N-ethyl adjacent to an activating group) is 1. The van der Waals surface area contributed by atoms with Crippen molar-refractivity contribution in [3.05, 3.63) is 29.8 Å². The number of hydrogen-bond donors (Lipinski definition) is 0. The third kappa shape index (κ3) is 3.27. The van der Waals surface area contributed by atoms with Gasteiger partial charge in [0.2, 0.25) is 15.9 Å². The van der Waals surface area contributed by atoms with Crippen molar-refractivity contribution >= 4 is 21.6 Å². The number of amides is 1. The van der Waals surface area contributed by atoms with Crippen LogP contribution < -0.4 is 4.31 Å². The Bertz CT molecular complexity index is 753. The molecule has 3 rings (SSSR count). The molecule has 0 aromatic heterocycles. The van der Waals surface area contributed by atoms with Crippen LogP contribution in [-0.4, -0.2) is 70.2 Å². The van der Waals surface area contributed by atoms with Crippen LogP contribution in [0.1, 0.15) is 25.3 Å². The van der Waals surface area contributed by atoms with Crippen molar-refractivity contribution in [1.29, 1.82) is 0 Å². The number of anilines is 1. The first-order chi connectivity index (χ1) is 11.8. The van der Waals surface area contributed by atoms with Crippen LogP contribution in [0.4, 0.5) is 5.69 Å². The number of nitrogens with zero attached hydrogens (tertiary/aromatic N) is 3. The number of carbonyl (C=O) groups is 1. The van der Waals surface area contributed by atoms with E-state index in [1.54, 1.807) is 11.2 Å². The fraction of sp³-hybridized carbons (Fsp3) is 0.611. The van der Waals surface area contributed by atoms with E-state index in [0.29, 0.717) is 26.2 Å². The number of carbonyl (C=O) groups excluding carboxylic acids is 1. The molecule has 1 amide bonds. The van der Waals surface area contributed by atoms with Gasteiger partial charge in [0.05, 0.1) is 18.0 Å². The second kappa shape index (κ2) is 6.61. The predicted molar refractivity (Wildman–Crippen MR) is 99.3 cm³/mol. The van der Waals surface area contributed by atoms with E-state index in [4.69, 9.17) is 0 Å². The van der Waals surface area contributed by atoms with Crippen molar-refractivity contribution in [3.8, 4) is 0 Å². The number of rotatable bonds is 4. The summed E-state index contributed by atoms with van der Waals surface area (Å²) in [5.41, 5.74) is 1.76. The summed E-state index contributed by atoms with van der Waals surface area (Å²) in [6.45, 7) is 3.96. The normalized spacial score (nSPS) is 19.5. The molecule has 1 fully saturated rings. The third-order valence-corrected chi connectivity index (χ3v) is 7.14. The van der Waals surface area contributed by atoms with Crippen molar-refractivity contribution in [2.45, 2.75) is 25.2 Å². The molecule has 1 spiro atoms. The average molecular weight is 365 g/mol. The van der Waals surface area contributed by atoms with E-state index in [9.17, 15) is 13.2 Å². The van der Waals surface area contributed by atoms with Crippen LogP contribution in [0.3, 0.4) is 0 Å². The maximum atomic E-state index is 12.5. The number of benzene rings is 1. The minimum absolute atomic E-state index is 0.102. The van der Waals surface area contributed by atoms with Crippen molar-refractivity contribution in [1.82, 2.24) is 9.80 Å². The molecule has 2 aliphatic rings. The first-order valence-corrected chi connectivity index (χ1v) is 10.4. The molecule has 0 N–H and O–H groups in total. The first-order valence-electron chi connectivity index (χ1n) is 8.81. The fourth-order valence-electron chi connectivity index (χ4n) is 3.97. The van der Waals surface area contributed by atoms with Gasteiger partial charge >= 0.3 is 0 Å². The van der Waals surface area contributed by atoms with E-state index in [-0.39, 0.29) is 17.1 Å². The Morgan fingerprint density at radius 3 is 2.44 bits per heavy atom. The summed E-state index contributed by atoms with van der Waals surface area (Å²) in [7, 11) is 0.499. The summed E-state index contributed by atoms with van der Waals surface area (Å²) >= 11 is 0. The Hall–Kier alpha value is -1.60. The number of hydrogen-bond acceptors (Lipinski definition) is 4. The molecule has 6 nitrogen and oxygen atoms in total. The highest BCUT2D eigenvalue weighted by molar-refractivity contribution is 7.92. The number of para-hydroxylation sites is 1. The van der Waals surface area contributed by atoms with E-state index in [1.807, 2.05) is 42.1 Å². The van der Waals surface area contributed by atoms with E-state index < -0.39 is 10.0 Å². The quantitative estimate of drug-likeness (QED) is 0.806. The van der Waals surface area contributed by atoms with Gasteiger partial charge in [0, 0.05) is 25.0 Å². The number of piperidine rings is 1. The second-order valence-electron chi connectivity index (χ2n) is 7.32. The van der Waals surface area contributed by atoms with Crippen LogP contribution in [0.2, 0.25) is 0 Å². The SMILES string of the molecule is CCS(=O)(=O)N1CC2(CCN(C(=O)CN(C)C)CC2)c2ccccc21. The molecule has 2 heterocycles. The molecule has 1 aromatic rings. The zero-order valence-electron chi connectivity index (χ0n) is 15.2. The molecule has 0 unspecified atom stereocenters. The van der Waals surface area contributed by atoms with Gasteiger partial charge in [-0.3, -0.25) is 9.10 Å². The maximum absolute atomic E-state index is 12.5. The minimum atomic E-state index is -3.29. The molecular weight excluding hydrogens is 338 g/mol. The largest absolute Gasteiger partial charge is 0.342 e. The Balaban J connectivity index is 1.84. The number of likely N-dealkylation sites (tertiary alicyclic amines) is 1. The lowest BCUT2D eigenvalue weighted by Crippen LogP contribution is -2.49. The minimum Gasteiger partial charge on any atom is -0.342 e. The van der Waals surface area contributed by atoms with Crippen LogP contribution in [0.5, 0.6) is 0 Å². The van der Waals surface area contributed by atoms with Crippen LogP contribution in [0, 0.1) is 0 Å². The lowest BCUT2D eigenvalue weighted by atomic mass is 9.74. The highest BCUT2D eigenvalue weighted by atomic mass is 32.2. The Morgan fingerprint density at radius 1 is 1.20 bits per heavy atom. The second-order valence-corrected chi connectivity index (χ2v) is 9.51. The zero-order valence-corrected chi connectivity index (χ0v) is 16.1. The van der Waals surface area contributed by atoms with Gasteiger partial charge in [-0.15, -0.1) is 0 Å². The fourth-order valence-corrected chi connectivity index (χ4v) is 5.19. The molecular formula is C18H27N3O3S. The van der Waals surface area contributed by atoms with Gasteiger partial charge in [0.15, 0.2) is 0 Å². The molecule has 0 aliphatic carbocycles. The van der Waals surface area contributed by atoms with Gasteiger partial charge in [-0.2, -0.15) is 0 Å². The van der Waals surface area contributed by atoms with E-state index in [0.717, 1.165) is 24.1 Å². The first kappa shape index (κ1) is 18.2. The summed E-state index contributed by atoms with van der Waals surface area (Å²) < 4.78 is 26.7.